The molecule has 2 unspecified atom stereocenters. The lowest BCUT2D eigenvalue weighted by atomic mass is 9.80. The van der Waals surface area contributed by atoms with E-state index in [4.69, 9.17) is 28.4 Å². The number of piperazine rings is 2. The quantitative estimate of drug-likeness (QED) is 0.0137. The Morgan fingerprint density at radius 2 is 0.664 bits per heavy atom. The van der Waals surface area contributed by atoms with E-state index < -0.39 is 82.9 Å². The highest BCUT2D eigenvalue weighted by atomic mass is 19.4. The molecule has 0 saturated carbocycles. The first-order valence-electron chi connectivity index (χ1n) is 36.2. The molecule has 0 bridgehead atoms. The normalized spacial score (nSPS) is 15.7. The van der Waals surface area contributed by atoms with E-state index >= 15 is 28.8 Å². The Hall–Kier alpha value is -11.4. The molecule has 26 heteroatoms. The van der Waals surface area contributed by atoms with Crippen LogP contribution in [0.15, 0.2) is 146 Å². The number of imide groups is 2. The third-order valence-electron chi connectivity index (χ3n) is 20.2. The highest BCUT2D eigenvalue weighted by Gasteiger charge is 2.48. The summed E-state index contributed by atoms with van der Waals surface area (Å²) in [5, 5.41) is -0.260. The first-order valence-corrected chi connectivity index (χ1v) is 36.2. The van der Waals surface area contributed by atoms with Crippen molar-refractivity contribution in [2.24, 2.45) is 11.8 Å². The molecule has 9 aromatic carbocycles. The molecule has 20 nitrogen and oxygen atoms in total. The van der Waals surface area contributed by atoms with Crippen LogP contribution in [0.2, 0.25) is 0 Å². The lowest BCUT2D eigenvalue weighted by Crippen LogP contribution is -2.58. The lowest BCUT2D eigenvalue weighted by Gasteiger charge is -2.40. The SMILES string of the molecule is C=C(C)C(=O)OCCN1CCN(C(=O)C(CC(C)C)N2C(=O)c3cc(Oc4ccc(C)cc4)c4c5c(Oc6ccc(C)cc6)cc6c7c(cc(Oc8ccc(C(F)(F)F)cc8)c(c8c(Oc9ccc(C(F)(F)F)cc9)cc(c3c48)C2=O)c75)C(=O)N(C(CC(C)C)C(=O)N2CCN(CCOC(=O)C(=C)C)CC2)C6=O)CC1. The molecule has 9 aromatic rings. The monoisotopic (exact) mass is 1510 g/mol. The van der Waals surface area contributed by atoms with Crippen molar-refractivity contribution >= 4 is 90.5 Å². The molecule has 2 atom stereocenters. The van der Waals surface area contributed by atoms with Gasteiger partial charge in [-0.05, 0) is 149 Å². The van der Waals surface area contributed by atoms with Crippen molar-refractivity contribution in [3.05, 3.63) is 190 Å². The number of ether oxygens (including phenoxy) is 6. The van der Waals surface area contributed by atoms with E-state index in [0.717, 1.165) is 69.5 Å². The molecule has 110 heavy (non-hydrogen) atoms. The van der Waals surface area contributed by atoms with Crippen molar-refractivity contribution in [2.75, 3.05) is 78.7 Å². The molecule has 4 heterocycles. The van der Waals surface area contributed by atoms with E-state index in [9.17, 15) is 35.9 Å². The zero-order valence-electron chi connectivity index (χ0n) is 61.8. The number of carbonyl (C=O) groups is 8. The molecular weight excluding hydrogens is 1430 g/mol. The van der Waals surface area contributed by atoms with Crippen molar-refractivity contribution < 1.29 is 93.1 Å². The first kappa shape index (κ1) is 76.8. The summed E-state index contributed by atoms with van der Waals surface area (Å²) in [6.07, 6.45) is -9.73. The van der Waals surface area contributed by atoms with Gasteiger partial charge in [0, 0.05) is 120 Å². The topological polar surface area (TPSA) is 211 Å². The van der Waals surface area contributed by atoms with Crippen LogP contribution in [0.4, 0.5) is 26.3 Å². The number of aryl methyl sites for hydroxylation is 2. The average molecular weight is 1510 g/mol. The van der Waals surface area contributed by atoms with E-state index in [1.165, 1.54) is 38.1 Å². The number of rotatable bonds is 24. The van der Waals surface area contributed by atoms with Crippen LogP contribution in [0.5, 0.6) is 46.0 Å². The summed E-state index contributed by atoms with van der Waals surface area (Å²) in [7, 11) is 0. The average Bonchev–Trinajstić information content (AvgIpc) is 0.670. The minimum atomic E-state index is -4.83. The molecule has 0 aliphatic carbocycles. The molecule has 572 valence electrons. The molecule has 0 radical (unpaired) electrons. The van der Waals surface area contributed by atoms with E-state index in [1.54, 1.807) is 58.3 Å². The van der Waals surface area contributed by atoms with Crippen molar-refractivity contribution in [3.63, 3.8) is 0 Å². The molecular formula is C84H80F6N6O14. The van der Waals surface area contributed by atoms with Crippen LogP contribution < -0.4 is 18.9 Å². The van der Waals surface area contributed by atoms with Gasteiger partial charge in [-0.3, -0.25) is 48.4 Å². The number of amides is 6. The Kier molecular flexibility index (Phi) is 21.4. The number of hydrogen-bond acceptors (Lipinski definition) is 16. The largest absolute Gasteiger partial charge is 0.461 e. The highest BCUT2D eigenvalue weighted by Crippen LogP contribution is 2.58. The van der Waals surface area contributed by atoms with Gasteiger partial charge in [-0.25, -0.2) is 9.59 Å². The first-order chi connectivity index (χ1) is 52.2. The lowest BCUT2D eigenvalue weighted by molar-refractivity contribution is -0.141. The van der Waals surface area contributed by atoms with E-state index in [1.807, 2.05) is 51.3 Å². The predicted octanol–water partition coefficient (Wildman–Crippen LogP) is 16.1. The Morgan fingerprint density at radius 3 is 0.909 bits per heavy atom. The van der Waals surface area contributed by atoms with Gasteiger partial charge in [0.15, 0.2) is 0 Å². The predicted molar refractivity (Wildman–Crippen MR) is 398 cm³/mol. The van der Waals surface area contributed by atoms with Gasteiger partial charge in [-0.2, -0.15) is 26.3 Å². The van der Waals surface area contributed by atoms with Crippen molar-refractivity contribution in [1.29, 1.82) is 0 Å². The van der Waals surface area contributed by atoms with Gasteiger partial charge in [0.2, 0.25) is 11.8 Å². The fourth-order valence-corrected chi connectivity index (χ4v) is 14.7. The van der Waals surface area contributed by atoms with Gasteiger partial charge in [-0.1, -0.05) is 76.2 Å². The van der Waals surface area contributed by atoms with Crippen molar-refractivity contribution in [1.82, 2.24) is 29.4 Å². The Balaban J connectivity index is 1.09. The van der Waals surface area contributed by atoms with Gasteiger partial charge in [0.1, 0.15) is 71.3 Å². The van der Waals surface area contributed by atoms with Gasteiger partial charge in [0.25, 0.3) is 23.6 Å². The second-order valence-electron chi connectivity index (χ2n) is 29.2. The third kappa shape index (κ3) is 15.3. The summed E-state index contributed by atoms with van der Waals surface area (Å²) in [4.78, 5) is 130. The summed E-state index contributed by atoms with van der Waals surface area (Å²) in [5.74, 6) is -7.69. The Morgan fingerprint density at radius 1 is 0.400 bits per heavy atom. The maximum absolute atomic E-state index is 16.4. The standard InChI is InChI=1S/C84H80F6N6O14/c1-45(2)39-61(79(101)93-31-27-91(28-32-93)35-37-105-81(103)47(5)6)95-75(97)57-41-63(107-53-19-11-49(9)12-20-53)69-70-64(108-54-21-13-50(10)14-22-54)42-58-68-60(78(100)96(76(58)98)62(40-46(3)4)80(102)94-33-29-92(30-34-94)36-38-106-82(104)48(7)8)44-66(110-56-25-17-52(18-26-56)84(88,89)90)72(74(68)70)71-65(43-59(77(95)99)67(57)73(69)71)109-55-23-15-51(16-24-55)83(85,86)87/h11-26,41-46,61-62H,5,7,27-40H2,1-4,6,8-10H3. The van der Waals surface area contributed by atoms with Crippen LogP contribution >= 0.6 is 0 Å². The number of halogens is 6. The number of nitrogens with zero attached hydrogens (tertiary/aromatic N) is 6. The summed E-state index contributed by atoms with van der Waals surface area (Å²) < 4.78 is 126. The van der Waals surface area contributed by atoms with E-state index in [2.05, 4.69) is 13.2 Å². The minimum absolute atomic E-state index is 0.0191. The summed E-state index contributed by atoms with van der Waals surface area (Å²) >= 11 is 0. The smallest absolute Gasteiger partial charge is 0.416 e. The number of carbonyl (C=O) groups excluding carboxylic acids is 8. The molecule has 2 fully saturated rings. The zero-order valence-corrected chi connectivity index (χ0v) is 61.8. The Labute approximate surface area is 629 Å². The molecule has 0 N–H and O–H groups in total. The second kappa shape index (κ2) is 30.6. The van der Waals surface area contributed by atoms with E-state index in [0.29, 0.717) is 39.3 Å². The number of fused-ring (bicyclic) bond motifs is 2. The summed E-state index contributed by atoms with van der Waals surface area (Å²) in [5.41, 5.74) is -0.867. The van der Waals surface area contributed by atoms with Crippen molar-refractivity contribution in [2.45, 2.75) is 92.7 Å². The molecule has 6 amide bonds. The zero-order chi connectivity index (χ0) is 78.7. The molecule has 0 aromatic heterocycles. The van der Waals surface area contributed by atoms with Gasteiger partial charge >= 0.3 is 24.3 Å². The van der Waals surface area contributed by atoms with Crippen LogP contribution in [0.3, 0.4) is 0 Å². The van der Waals surface area contributed by atoms with Crippen LogP contribution in [0.1, 0.15) is 118 Å². The third-order valence-corrected chi connectivity index (χ3v) is 20.2. The Bertz CT molecular complexity index is 4880. The van der Waals surface area contributed by atoms with Gasteiger partial charge in [-0.15, -0.1) is 0 Å². The fraction of sp³-hybridized carbons (Fsp3) is 0.333. The second-order valence-corrected chi connectivity index (χ2v) is 29.2. The molecule has 4 aliphatic rings. The molecule has 4 aliphatic heterocycles. The molecule has 2 saturated heterocycles. The number of hydrogen-bond donors (Lipinski definition) is 0. The summed E-state index contributed by atoms with van der Waals surface area (Å²) in [6.45, 7) is 24.1. The van der Waals surface area contributed by atoms with E-state index in [-0.39, 0.29) is 187 Å². The maximum atomic E-state index is 16.4. The number of alkyl halides is 6. The summed E-state index contributed by atoms with van der Waals surface area (Å²) in [6, 6.07) is 23.5. The highest BCUT2D eigenvalue weighted by molar-refractivity contribution is 6.45. The van der Waals surface area contributed by atoms with Crippen molar-refractivity contribution in [3.8, 4) is 46.0 Å². The maximum Gasteiger partial charge on any atom is 0.416 e. The van der Waals surface area contributed by atoms with Crippen LogP contribution in [-0.2, 0) is 41.0 Å². The minimum Gasteiger partial charge on any atom is -0.461 e. The van der Waals surface area contributed by atoms with Gasteiger partial charge < -0.3 is 38.2 Å². The van der Waals surface area contributed by atoms with Gasteiger partial charge in [0.05, 0.1) is 33.4 Å². The molecule has 0 spiro atoms. The van der Waals surface area contributed by atoms with Crippen LogP contribution in [0.25, 0.3) is 43.1 Å². The molecule has 13 rings (SSSR count). The number of esters is 2. The fourth-order valence-electron chi connectivity index (χ4n) is 14.7. The van der Waals surface area contributed by atoms with Crippen LogP contribution in [-0.4, -0.2) is 168 Å². The number of benzene rings is 9. The van der Waals surface area contributed by atoms with Crippen LogP contribution in [0, 0.1) is 25.7 Å².